The minimum atomic E-state index is -0.295. The number of benzene rings is 1. The number of amides is 1. The first-order valence-corrected chi connectivity index (χ1v) is 6.48. The van der Waals surface area contributed by atoms with Gasteiger partial charge in [0.1, 0.15) is 11.5 Å². The summed E-state index contributed by atoms with van der Waals surface area (Å²) in [4.78, 5) is 22.1. The second kappa shape index (κ2) is 5.70. The summed E-state index contributed by atoms with van der Waals surface area (Å²) in [6.07, 6.45) is 6.81. The Labute approximate surface area is 121 Å². The Balaban J connectivity index is 1.62. The number of allylic oxidation sites excluding steroid dienone is 1. The van der Waals surface area contributed by atoms with Crippen molar-refractivity contribution in [2.75, 3.05) is 6.54 Å². The molecule has 0 aromatic heterocycles. The van der Waals surface area contributed by atoms with E-state index >= 15 is 0 Å². The third-order valence-corrected chi connectivity index (χ3v) is 3.17. The number of hydrogen-bond donors (Lipinski definition) is 1. The first kappa shape index (κ1) is 13.2. The van der Waals surface area contributed by atoms with E-state index in [1.807, 2.05) is 11.0 Å². The molecule has 0 atom stereocenters. The number of nitrogens with zero attached hydrogens (tertiary/aromatic N) is 3. The molecule has 0 fully saturated rings. The summed E-state index contributed by atoms with van der Waals surface area (Å²) in [5, 5.41) is 2.77. The van der Waals surface area contributed by atoms with Gasteiger partial charge in [0.2, 0.25) is 0 Å². The Morgan fingerprint density at radius 2 is 2.14 bits per heavy atom. The Morgan fingerprint density at radius 3 is 2.95 bits per heavy atom. The van der Waals surface area contributed by atoms with Crippen LogP contribution in [0.5, 0.6) is 0 Å². The van der Waals surface area contributed by atoms with Gasteiger partial charge in [0.05, 0.1) is 24.8 Å². The SMILES string of the molecule is O=C(NCc1ccc(F)cc1)C1=NC=C2C=CN=CN2C1. The van der Waals surface area contributed by atoms with Crippen LogP contribution in [0.1, 0.15) is 5.56 Å². The summed E-state index contributed by atoms with van der Waals surface area (Å²) < 4.78 is 12.8. The standard InChI is InChI=1S/C15H13FN4O/c16-12-3-1-11(2-4-12)7-19-15(21)14-9-20-10-17-6-5-13(20)8-18-14/h1-6,8,10H,7,9H2,(H,19,21). The molecular formula is C15H13FN4O. The van der Waals surface area contributed by atoms with Gasteiger partial charge in [-0.2, -0.15) is 0 Å². The van der Waals surface area contributed by atoms with Crippen molar-refractivity contribution in [2.24, 2.45) is 9.98 Å². The first-order valence-electron chi connectivity index (χ1n) is 6.48. The van der Waals surface area contributed by atoms with E-state index < -0.39 is 0 Å². The lowest BCUT2D eigenvalue weighted by Gasteiger charge is -2.25. The van der Waals surface area contributed by atoms with Gasteiger partial charge in [-0.05, 0) is 23.8 Å². The van der Waals surface area contributed by atoms with Crippen molar-refractivity contribution in [1.82, 2.24) is 10.2 Å². The van der Waals surface area contributed by atoms with E-state index in [0.29, 0.717) is 18.8 Å². The normalized spacial score (nSPS) is 16.1. The zero-order valence-electron chi connectivity index (χ0n) is 11.2. The quantitative estimate of drug-likeness (QED) is 0.916. The van der Waals surface area contributed by atoms with Gasteiger partial charge in [0.25, 0.3) is 5.91 Å². The number of carbonyl (C=O) groups excluding carboxylic acids is 1. The molecule has 0 bridgehead atoms. The van der Waals surface area contributed by atoms with Crippen molar-refractivity contribution in [3.63, 3.8) is 0 Å². The molecule has 0 spiro atoms. The number of fused-ring (bicyclic) bond motifs is 1. The van der Waals surface area contributed by atoms with Crippen LogP contribution < -0.4 is 5.32 Å². The molecule has 0 saturated carbocycles. The van der Waals surface area contributed by atoms with Gasteiger partial charge in [-0.25, -0.2) is 9.38 Å². The smallest absolute Gasteiger partial charge is 0.267 e. The fourth-order valence-corrected chi connectivity index (χ4v) is 2.01. The molecule has 6 heteroatoms. The van der Waals surface area contributed by atoms with E-state index in [4.69, 9.17) is 0 Å². The van der Waals surface area contributed by atoms with E-state index in [0.717, 1.165) is 11.3 Å². The highest BCUT2D eigenvalue weighted by Crippen LogP contribution is 2.13. The lowest BCUT2D eigenvalue weighted by atomic mass is 10.2. The largest absolute Gasteiger partial charge is 0.347 e. The molecule has 0 radical (unpaired) electrons. The zero-order valence-corrected chi connectivity index (χ0v) is 11.2. The average Bonchev–Trinajstić information content (AvgIpc) is 2.53. The summed E-state index contributed by atoms with van der Waals surface area (Å²) in [7, 11) is 0. The molecular weight excluding hydrogens is 271 g/mol. The maximum Gasteiger partial charge on any atom is 0.267 e. The molecule has 1 amide bonds. The zero-order chi connectivity index (χ0) is 14.7. The number of carbonyl (C=O) groups is 1. The lowest BCUT2D eigenvalue weighted by Crippen LogP contribution is -2.40. The molecule has 1 N–H and O–H groups in total. The van der Waals surface area contributed by atoms with Crippen LogP contribution in [0.4, 0.5) is 4.39 Å². The summed E-state index contributed by atoms with van der Waals surface area (Å²) in [6.45, 7) is 0.720. The van der Waals surface area contributed by atoms with Crippen LogP contribution in [-0.2, 0) is 11.3 Å². The molecule has 0 saturated heterocycles. The highest BCUT2D eigenvalue weighted by atomic mass is 19.1. The van der Waals surface area contributed by atoms with Gasteiger partial charge >= 0.3 is 0 Å². The summed E-state index contributed by atoms with van der Waals surface area (Å²) in [6, 6.07) is 6.01. The Hall–Kier alpha value is -2.76. The van der Waals surface area contributed by atoms with Crippen molar-refractivity contribution in [2.45, 2.75) is 6.54 Å². The molecule has 1 aromatic rings. The molecule has 0 unspecified atom stereocenters. The van der Waals surface area contributed by atoms with Gasteiger partial charge in [0.15, 0.2) is 0 Å². The molecule has 2 heterocycles. The number of halogens is 1. The Morgan fingerprint density at radius 1 is 1.33 bits per heavy atom. The minimum absolute atomic E-state index is 0.238. The van der Waals surface area contributed by atoms with E-state index in [9.17, 15) is 9.18 Å². The van der Waals surface area contributed by atoms with E-state index in [1.165, 1.54) is 12.1 Å². The number of aliphatic imine (C=N–C) groups is 2. The van der Waals surface area contributed by atoms with Gasteiger partial charge in [-0.1, -0.05) is 12.1 Å². The van der Waals surface area contributed by atoms with E-state index in [1.54, 1.807) is 30.9 Å². The van der Waals surface area contributed by atoms with E-state index in [-0.39, 0.29) is 11.7 Å². The number of hydrogen-bond acceptors (Lipinski definition) is 4. The average molecular weight is 284 g/mol. The third kappa shape index (κ3) is 3.05. The molecule has 5 nitrogen and oxygen atoms in total. The van der Waals surface area contributed by atoms with Crippen molar-refractivity contribution >= 4 is 18.0 Å². The monoisotopic (exact) mass is 284 g/mol. The Kier molecular flexibility index (Phi) is 3.59. The van der Waals surface area contributed by atoms with Crippen LogP contribution in [0.2, 0.25) is 0 Å². The molecule has 2 aliphatic rings. The third-order valence-electron chi connectivity index (χ3n) is 3.17. The van der Waals surface area contributed by atoms with Crippen molar-refractivity contribution in [3.05, 3.63) is 59.8 Å². The second-order valence-electron chi connectivity index (χ2n) is 4.65. The Bertz CT molecular complexity index is 673. The van der Waals surface area contributed by atoms with Crippen molar-refractivity contribution in [3.8, 4) is 0 Å². The number of nitrogens with one attached hydrogen (secondary N) is 1. The van der Waals surface area contributed by atoms with Crippen molar-refractivity contribution in [1.29, 1.82) is 0 Å². The van der Waals surface area contributed by atoms with Gasteiger partial charge in [-0.3, -0.25) is 9.79 Å². The van der Waals surface area contributed by atoms with Gasteiger partial charge in [0, 0.05) is 12.7 Å². The van der Waals surface area contributed by atoms with Crippen LogP contribution in [-0.4, -0.2) is 29.4 Å². The molecule has 2 aliphatic heterocycles. The summed E-state index contributed by atoms with van der Waals surface area (Å²) in [5.41, 5.74) is 2.16. The van der Waals surface area contributed by atoms with Crippen LogP contribution in [0.3, 0.4) is 0 Å². The summed E-state index contributed by atoms with van der Waals surface area (Å²) >= 11 is 0. The fraction of sp³-hybridized carbons (Fsp3) is 0.133. The van der Waals surface area contributed by atoms with Crippen LogP contribution in [0.25, 0.3) is 0 Å². The minimum Gasteiger partial charge on any atom is -0.347 e. The number of rotatable bonds is 3. The molecule has 106 valence electrons. The highest BCUT2D eigenvalue weighted by molar-refractivity contribution is 6.40. The summed E-state index contributed by atoms with van der Waals surface area (Å²) in [5.74, 6) is -0.533. The first-order chi connectivity index (χ1) is 10.2. The van der Waals surface area contributed by atoms with E-state index in [2.05, 4.69) is 15.3 Å². The van der Waals surface area contributed by atoms with Crippen molar-refractivity contribution < 1.29 is 9.18 Å². The predicted octanol–water partition coefficient (Wildman–Crippen LogP) is 1.60. The molecule has 3 rings (SSSR count). The molecule has 0 aliphatic carbocycles. The van der Waals surface area contributed by atoms with Crippen LogP contribution in [0, 0.1) is 5.82 Å². The van der Waals surface area contributed by atoms with Crippen LogP contribution in [0.15, 0.2) is 58.4 Å². The predicted molar refractivity (Wildman–Crippen MR) is 78.1 cm³/mol. The van der Waals surface area contributed by atoms with Gasteiger partial charge in [-0.15, -0.1) is 0 Å². The van der Waals surface area contributed by atoms with Gasteiger partial charge < -0.3 is 10.2 Å². The maximum atomic E-state index is 12.8. The fourth-order valence-electron chi connectivity index (χ4n) is 2.01. The topological polar surface area (TPSA) is 57.1 Å². The highest BCUT2D eigenvalue weighted by Gasteiger charge is 2.20. The maximum absolute atomic E-state index is 12.8. The molecule has 21 heavy (non-hydrogen) atoms. The second-order valence-corrected chi connectivity index (χ2v) is 4.65. The van der Waals surface area contributed by atoms with Crippen LogP contribution >= 0.6 is 0 Å². The lowest BCUT2D eigenvalue weighted by molar-refractivity contribution is -0.115. The molecule has 1 aromatic carbocycles.